The maximum absolute atomic E-state index is 12.2. The van der Waals surface area contributed by atoms with Crippen molar-refractivity contribution < 1.29 is 9.53 Å². The molecule has 1 aromatic carbocycles. The van der Waals surface area contributed by atoms with Crippen LogP contribution >= 0.6 is 15.9 Å². The molecule has 20 heavy (non-hydrogen) atoms. The number of esters is 1. The zero-order chi connectivity index (χ0) is 13.9. The van der Waals surface area contributed by atoms with Gasteiger partial charge < -0.3 is 10.1 Å². The SMILES string of the molecule is O=C(OCc1ccccc1Br)C1CC2CCCCC2N1. The van der Waals surface area contributed by atoms with Gasteiger partial charge in [0.15, 0.2) is 0 Å². The second kappa shape index (κ2) is 6.27. The minimum Gasteiger partial charge on any atom is -0.460 e. The zero-order valence-corrected chi connectivity index (χ0v) is 13.1. The van der Waals surface area contributed by atoms with E-state index in [1.54, 1.807) is 0 Å². The van der Waals surface area contributed by atoms with E-state index in [2.05, 4.69) is 21.2 Å². The normalized spacial score (nSPS) is 28.9. The van der Waals surface area contributed by atoms with Gasteiger partial charge in [0.1, 0.15) is 12.6 Å². The van der Waals surface area contributed by atoms with Gasteiger partial charge in [0.25, 0.3) is 0 Å². The highest BCUT2D eigenvalue weighted by Crippen LogP contribution is 2.33. The zero-order valence-electron chi connectivity index (χ0n) is 11.5. The summed E-state index contributed by atoms with van der Waals surface area (Å²) in [6, 6.07) is 8.27. The smallest absolute Gasteiger partial charge is 0.323 e. The molecule has 0 amide bonds. The van der Waals surface area contributed by atoms with Crippen molar-refractivity contribution in [1.29, 1.82) is 0 Å². The Morgan fingerprint density at radius 3 is 2.90 bits per heavy atom. The Bertz CT molecular complexity index is 477. The molecule has 3 atom stereocenters. The Hall–Kier alpha value is -0.870. The van der Waals surface area contributed by atoms with Crippen molar-refractivity contribution in [2.75, 3.05) is 0 Å². The highest BCUT2D eigenvalue weighted by atomic mass is 79.9. The Morgan fingerprint density at radius 2 is 2.10 bits per heavy atom. The van der Waals surface area contributed by atoms with Crippen LogP contribution in [-0.4, -0.2) is 18.1 Å². The fraction of sp³-hybridized carbons (Fsp3) is 0.562. The van der Waals surface area contributed by atoms with Gasteiger partial charge in [-0.3, -0.25) is 4.79 Å². The van der Waals surface area contributed by atoms with E-state index in [-0.39, 0.29) is 12.0 Å². The summed E-state index contributed by atoms with van der Waals surface area (Å²) >= 11 is 3.47. The predicted molar refractivity (Wildman–Crippen MR) is 81.2 cm³/mol. The van der Waals surface area contributed by atoms with E-state index < -0.39 is 0 Å². The van der Waals surface area contributed by atoms with Crippen LogP contribution in [0.1, 0.15) is 37.7 Å². The molecule has 2 aliphatic rings. The van der Waals surface area contributed by atoms with Crippen molar-refractivity contribution >= 4 is 21.9 Å². The van der Waals surface area contributed by atoms with Gasteiger partial charge in [-0.1, -0.05) is 47.0 Å². The minimum atomic E-state index is -0.106. The van der Waals surface area contributed by atoms with Crippen LogP contribution in [0, 0.1) is 5.92 Å². The Kier molecular flexibility index (Phi) is 4.41. The number of nitrogens with one attached hydrogen (secondary N) is 1. The highest BCUT2D eigenvalue weighted by molar-refractivity contribution is 9.10. The Labute approximate surface area is 128 Å². The van der Waals surface area contributed by atoms with E-state index in [1.807, 2.05) is 24.3 Å². The first-order chi connectivity index (χ1) is 9.74. The van der Waals surface area contributed by atoms with E-state index >= 15 is 0 Å². The average molecular weight is 338 g/mol. The third-order valence-corrected chi connectivity index (χ3v) is 5.25. The molecular weight excluding hydrogens is 318 g/mol. The van der Waals surface area contributed by atoms with Crippen molar-refractivity contribution in [1.82, 2.24) is 5.32 Å². The Balaban J connectivity index is 1.54. The van der Waals surface area contributed by atoms with E-state index in [4.69, 9.17) is 4.74 Å². The number of halogens is 1. The van der Waals surface area contributed by atoms with Gasteiger partial charge in [-0.2, -0.15) is 0 Å². The van der Waals surface area contributed by atoms with Crippen LogP contribution in [0.25, 0.3) is 0 Å². The minimum absolute atomic E-state index is 0.102. The van der Waals surface area contributed by atoms with Crippen LogP contribution in [0.4, 0.5) is 0 Å². The number of benzene rings is 1. The Morgan fingerprint density at radius 1 is 1.30 bits per heavy atom. The molecule has 0 spiro atoms. The second-order valence-corrected chi connectivity index (χ2v) is 6.66. The molecule has 0 bridgehead atoms. The molecule has 3 unspecified atom stereocenters. The summed E-state index contributed by atoms with van der Waals surface area (Å²) in [7, 11) is 0. The lowest BCUT2D eigenvalue weighted by atomic mass is 9.85. The van der Waals surface area contributed by atoms with E-state index in [9.17, 15) is 4.79 Å². The first-order valence-corrected chi connectivity index (χ1v) is 8.19. The second-order valence-electron chi connectivity index (χ2n) is 5.81. The topological polar surface area (TPSA) is 38.3 Å². The monoisotopic (exact) mass is 337 g/mol. The molecule has 4 heteroatoms. The average Bonchev–Trinajstić information content (AvgIpc) is 2.90. The molecule has 1 aliphatic heterocycles. The molecule has 1 heterocycles. The summed E-state index contributed by atoms with van der Waals surface area (Å²) in [5, 5.41) is 3.46. The summed E-state index contributed by atoms with van der Waals surface area (Å²) in [6.45, 7) is 0.341. The van der Waals surface area contributed by atoms with Crippen molar-refractivity contribution in [2.24, 2.45) is 5.92 Å². The summed E-state index contributed by atoms with van der Waals surface area (Å²) in [6.07, 6.45) is 6.00. The lowest BCUT2D eigenvalue weighted by Gasteiger charge is -2.24. The number of carbonyl (C=O) groups is 1. The van der Waals surface area contributed by atoms with Crippen LogP contribution in [0.15, 0.2) is 28.7 Å². The van der Waals surface area contributed by atoms with Gasteiger partial charge in [-0.05, 0) is 31.2 Å². The van der Waals surface area contributed by atoms with Gasteiger partial charge in [0.2, 0.25) is 0 Å². The van der Waals surface area contributed by atoms with Crippen molar-refractivity contribution in [3.8, 4) is 0 Å². The van der Waals surface area contributed by atoms with Crippen LogP contribution in [0.3, 0.4) is 0 Å². The standard InChI is InChI=1S/C16H20BrNO2/c17-13-7-3-1-6-12(13)10-20-16(19)15-9-11-5-2-4-8-14(11)18-15/h1,3,6-7,11,14-15,18H,2,4-5,8-10H2. The number of carbonyl (C=O) groups excluding carboxylic acids is 1. The number of fused-ring (bicyclic) bond motifs is 1. The van der Waals surface area contributed by atoms with Crippen LogP contribution in [0.5, 0.6) is 0 Å². The molecule has 108 valence electrons. The van der Waals surface area contributed by atoms with Gasteiger partial charge in [0.05, 0.1) is 0 Å². The van der Waals surface area contributed by atoms with Crippen molar-refractivity contribution in [3.63, 3.8) is 0 Å². The molecule has 0 radical (unpaired) electrons. The first kappa shape index (κ1) is 14.1. The number of hydrogen-bond donors (Lipinski definition) is 1. The largest absolute Gasteiger partial charge is 0.460 e. The fourth-order valence-corrected chi connectivity index (χ4v) is 3.77. The van der Waals surface area contributed by atoms with Gasteiger partial charge in [-0.15, -0.1) is 0 Å². The van der Waals surface area contributed by atoms with Crippen LogP contribution < -0.4 is 5.32 Å². The third-order valence-electron chi connectivity index (χ3n) is 4.48. The number of hydrogen-bond acceptors (Lipinski definition) is 3. The summed E-state index contributed by atoms with van der Waals surface area (Å²) < 4.78 is 6.45. The van der Waals surface area contributed by atoms with E-state index in [0.717, 1.165) is 16.5 Å². The molecular formula is C16H20BrNO2. The first-order valence-electron chi connectivity index (χ1n) is 7.40. The van der Waals surface area contributed by atoms with E-state index in [0.29, 0.717) is 18.6 Å². The van der Waals surface area contributed by atoms with Crippen molar-refractivity contribution in [3.05, 3.63) is 34.3 Å². The number of rotatable bonds is 3. The molecule has 1 aliphatic carbocycles. The molecule has 0 aromatic heterocycles. The lowest BCUT2D eigenvalue weighted by molar-refractivity contribution is -0.147. The van der Waals surface area contributed by atoms with Crippen molar-refractivity contribution in [2.45, 2.75) is 50.8 Å². The molecule has 3 nitrogen and oxygen atoms in total. The molecule has 3 rings (SSSR count). The lowest BCUT2D eigenvalue weighted by Crippen LogP contribution is -2.37. The summed E-state index contributed by atoms with van der Waals surface area (Å²) in [4.78, 5) is 12.2. The van der Waals surface area contributed by atoms with Crippen LogP contribution in [-0.2, 0) is 16.1 Å². The molecule has 1 aromatic rings. The molecule has 1 N–H and O–H groups in total. The fourth-order valence-electron chi connectivity index (χ4n) is 3.37. The number of ether oxygens (including phenoxy) is 1. The van der Waals surface area contributed by atoms with Crippen LogP contribution in [0.2, 0.25) is 0 Å². The summed E-state index contributed by atoms with van der Waals surface area (Å²) in [5.74, 6) is 0.569. The third kappa shape index (κ3) is 3.07. The molecule has 1 saturated heterocycles. The maximum Gasteiger partial charge on any atom is 0.323 e. The van der Waals surface area contributed by atoms with Gasteiger partial charge in [0, 0.05) is 16.1 Å². The molecule has 1 saturated carbocycles. The summed E-state index contributed by atoms with van der Waals surface area (Å²) in [5.41, 5.74) is 1.01. The highest BCUT2D eigenvalue weighted by Gasteiger charge is 2.38. The molecule has 2 fully saturated rings. The van der Waals surface area contributed by atoms with Gasteiger partial charge in [-0.25, -0.2) is 0 Å². The van der Waals surface area contributed by atoms with E-state index in [1.165, 1.54) is 25.7 Å². The van der Waals surface area contributed by atoms with Gasteiger partial charge >= 0.3 is 5.97 Å². The predicted octanol–water partition coefficient (Wildman–Crippen LogP) is 3.41. The maximum atomic E-state index is 12.2. The quantitative estimate of drug-likeness (QED) is 0.859.